The monoisotopic (exact) mass is 315 g/mol. The van der Waals surface area contributed by atoms with Crippen LogP contribution in [0.5, 0.6) is 0 Å². The van der Waals surface area contributed by atoms with Crippen molar-refractivity contribution in [3.8, 4) is 0 Å². The van der Waals surface area contributed by atoms with Crippen LogP contribution in [0, 0.1) is 0 Å². The van der Waals surface area contributed by atoms with Crippen LogP contribution >= 0.6 is 0 Å². The van der Waals surface area contributed by atoms with Gasteiger partial charge in [0.15, 0.2) is 5.78 Å². The van der Waals surface area contributed by atoms with Crippen molar-refractivity contribution in [2.45, 2.75) is 6.42 Å². The summed E-state index contributed by atoms with van der Waals surface area (Å²) >= 11 is 0. The number of nitrogens with one attached hydrogen (secondary N) is 1. The van der Waals surface area contributed by atoms with Crippen LogP contribution in [0.15, 0.2) is 84.9 Å². The van der Waals surface area contributed by atoms with Crippen molar-refractivity contribution in [3.63, 3.8) is 0 Å². The molecular formula is C21H17NO2. The van der Waals surface area contributed by atoms with E-state index in [2.05, 4.69) is 5.32 Å². The quantitative estimate of drug-likeness (QED) is 0.711. The minimum atomic E-state index is -0.165. The number of carbonyl (C=O) groups excluding carboxylic acids is 2. The third-order valence-electron chi connectivity index (χ3n) is 3.71. The maximum Gasteiger partial charge on any atom is 0.255 e. The minimum Gasteiger partial charge on any atom is -0.322 e. The number of Topliss-reactive ketones (excluding diaryl/α,β-unsaturated/α-hetero) is 1. The van der Waals surface area contributed by atoms with E-state index in [4.69, 9.17) is 0 Å². The van der Waals surface area contributed by atoms with Crippen LogP contribution in [0.4, 0.5) is 5.69 Å². The smallest absolute Gasteiger partial charge is 0.255 e. The lowest BCUT2D eigenvalue weighted by atomic mass is 10.0. The van der Waals surface area contributed by atoms with Crippen LogP contribution in [-0.4, -0.2) is 11.7 Å². The number of benzene rings is 3. The number of rotatable bonds is 5. The van der Waals surface area contributed by atoms with Crippen LogP contribution in [0.1, 0.15) is 26.3 Å². The molecule has 1 amide bonds. The highest BCUT2D eigenvalue weighted by molar-refractivity contribution is 6.04. The average Bonchev–Trinajstić information content (AvgIpc) is 2.64. The van der Waals surface area contributed by atoms with Gasteiger partial charge in [-0.2, -0.15) is 0 Å². The Labute approximate surface area is 141 Å². The van der Waals surface area contributed by atoms with E-state index in [9.17, 15) is 9.59 Å². The molecule has 0 bridgehead atoms. The van der Waals surface area contributed by atoms with E-state index in [1.54, 1.807) is 12.1 Å². The molecule has 0 fully saturated rings. The zero-order valence-corrected chi connectivity index (χ0v) is 13.1. The van der Waals surface area contributed by atoms with Crippen LogP contribution in [0.3, 0.4) is 0 Å². The van der Waals surface area contributed by atoms with Crippen molar-refractivity contribution in [2.24, 2.45) is 0 Å². The molecule has 3 heteroatoms. The topological polar surface area (TPSA) is 46.2 Å². The Morgan fingerprint density at radius 2 is 1.25 bits per heavy atom. The summed E-state index contributed by atoms with van der Waals surface area (Å²) in [4.78, 5) is 24.4. The first-order valence-corrected chi connectivity index (χ1v) is 7.76. The summed E-state index contributed by atoms with van der Waals surface area (Å²) in [5.41, 5.74) is 2.91. The first-order valence-electron chi connectivity index (χ1n) is 7.76. The second-order valence-electron chi connectivity index (χ2n) is 5.48. The second-order valence-corrected chi connectivity index (χ2v) is 5.48. The Morgan fingerprint density at radius 1 is 0.667 bits per heavy atom. The number of hydrogen-bond donors (Lipinski definition) is 1. The highest BCUT2D eigenvalue weighted by Gasteiger charge is 2.09. The van der Waals surface area contributed by atoms with Crippen molar-refractivity contribution in [1.29, 1.82) is 0 Å². The third kappa shape index (κ3) is 3.96. The fourth-order valence-corrected chi connectivity index (χ4v) is 2.41. The number of anilines is 1. The van der Waals surface area contributed by atoms with Gasteiger partial charge in [-0.05, 0) is 29.8 Å². The number of ketones is 1. The average molecular weight is 315 g/mol. The van der Waals surface area contributed by atoms with E-state index < -0.39 is 0 Å². The molecule has 3 rings (SSSR count). The number of amides is 1. The first kappa shape index (κ1) is 15.7. The molecule has 0 saturated carbocycles. The van der Waals surface area contributed by atoms with Gasteiger partial charge >= 0.3 is 0 Å². The van der Waals surface area contributed by atoms with E-state index in [1.807, 2.05) is 72.8 Å². The van der Waals surface area contributed by atoms with Gasteiger partial charge in [0.05, 0.1) is 0 Å². The summed E-state index contributed by atoms with van der Waals surface area (Å²) in [6.07, 6.45) is 0.324. The van der Waals surface area contributed by atoms with Gasteiger partial charge in [-0.25, -0.2) is 0 Å². The molecule has 3 aromatic carbocycles. The van der Waals surface area contributed by atoms with Crippen LogP contribution in [0.2, 0.25) is 0 Å². The summed E-state index contributed by atoms with van der Waals surface area (Å²) in [6.45, 7) is 0. The van der Waals surface area contributed by atoms with E-state index in [0.717, 1.165) is 11.3 Å². The molecule has 0 atom stereocenters. The molecule has 0 unspecified atom stereocenters. The van der Waals surface area contributed by atoms with E-state index in [0.29, 0.717) is 17.5 Å². The van der Waals surface area contributed by atoms with Crippen molar-refractivity contribution in [1.82, 2.24) is 0 Å². The Balaban J connectivity index is 1.65. The van der Waals surface area contributed by atoms with Gasteiger partial charge in [-0.3, -0.25) is 9.59 Å². The van der Waals surface area contributed by atoms with Gasteiger partial charge in [0.2, 0.25) is 0 Å². The van der Waals surface area contributed by atoms with Crippen LogP contribution in [0.25, 0.3) is 0 Å². The van der Waals surface area contributed by atoms with Gasteiger partial charge in [0, 0.05) is 23.2 Å². The molecule has 118 valence electrons. The standard InChI is InChI=1S/C21H17NO2/c23-20(17-7-3-1-4-8-17)15-16-11-13-18(14-12-16)21(24)22-19-9-5-2-6-10-19/h1-14H,15H2,(H,22,24). The van der Waals surface area contributed by atoms with Gasteiger partial charge in [-0.15, -0.1) is 0 Å². The Morgan fingerprint density at radius 3 is 1.88 bits per heavy atom. The zero-order valence-electron chi connectivity index (χ0n) is 13.1. The summed E-state index contributed by atoms with van der Waals surface area (Å²) < 4.78 is 0. The predicted octanol–water partition coefficient (Wildman–Crippen LogP) is 4.36. The predicted molar refractivity (Wildman–Crippen MR) is 95.3 cm³/mol. The van der Waals surface area contributed by atoms with Crippen LogP contribution in [-0.2, 0) is 6.42 Å². The lowest BCUT2D eigenvalue weighted by molar-refractivity contribution is 0.0991. The highest BCUT2D eigenvalue weighted by Crippen LogP contribution is 2.12. The maximum absolute atomic E-state index is 12.2. The molecule has 0 aromatic heterocycles. The van der Waals surface area contributed by atoms with Gasteiger partial charge in [0.1, 0.15) is 0 Å². The summed E-state index contributed by atoms with van der Waals surface area (Å²) in [5.74, 6) is -0.0979. The summed E-state index contributed by atoms with van der Waals surface area (Å²) in [5, 5.41) is 2.84. The largest absolute Gasteiger partial charge is 0.322 e. The SMILES string of the molecule is O=C(Cc1ccc(C(=O)Nc2ccccc2)cc1)c1ccccc1. The molecule has 3 aromatic rings. The van der Waals surface area contributed by atoms with Crippen molar-refractivity contribution >= 4 is 17.4 Å². The molecule has 3 nitrogen and oxygen atoms in total. The number of hydrogen-bond acceptors (Lipinski definition) is 2. The lowest BCUT2D eigenvalue weighted by Gasteiger charge is -2.06. The maximum atomic E-state index is 12.2. The number of para-hydroxylation sites is 1. The van der Waals surface area contributed by atoms with Crippen molar-refractivity contribution in [2.75, 3.05) is 5.32 Å². The van der Waals surface area contributed by atoms with Crippen molar-refractivity contribution in [3.05, 3.63) is 102 Å². The molecule has 0 aliphatic rings. The zero-order chi connectivity index (χ0) is 16.8. The highest BCUT2D eigenvalue weighted by atomic mass is 16.1. The fourth-order valence-electron chi connectivity index (χ4n) is 2.41. The van der Waals surface area contributed by atoms with Crippen LogP contribution < -0.4 is 5.32 Å². The first-order chi connectivity index (χ1) is 11.7. The fraction of sp³-hybridized carbons (Fsp3) is 0.0476. The molecule has 0 spiro atoms. The molecule has 1 N–H and O–H groups in total. The minimum absolute atomic E-state index is 0.0667. The molecule has 0 radical (unpaired) electrons. The normalized spacial score (nSPS) is 10.2. The molecule has 24 heavy (non-hydrogen) atoms. The summed E-state index contributed by atoms with van der Waals surface area (Å²) in [6, 6.07) is 25.6. The third-order valence-corrected chi connectivity index (χ3v) is 3.71. The van der Waals surface area contributed by atoms with E-state index in [-0.39, 0.29) is 11.7 Å². The Bertz CT molecular complexity index is 825. The van der Waals surface area contributed by atoms with Gasteiger partial charge in [0.25, 0.3) is 5.91 Å². The second kappa shape index (κ2) is 7.38. The molecular weight excluding hydrogens is 298 g/mol. The molecule has 0 aliphatic heterocycles. The molecule has 0 heterocycles. The molecule has 0 aliphatic carbocycles. The van der Waals surface area contributed by atoms with E-state index >= 15 is 0 Å². The Hall–Kier alpha value is -3.20. The van der Waals surface area contributed by atoms with Gasteiger partial charge in [-0.1, -0.05) is 60.7 Å². The lowest BCUT2D eigenvalue weighted by Crippen LogP contribution is -2.12. The van der Waals surface area contributed by atoms with Crippen molar-refractivity contribution < 1.29 is 9.59 Å². The Kier molecular flexibility index (Phi) is 4.82. The molecule has 0 saturated heterocycles. The van der Waals surface area contributed by atoms with E-state index in [1.165, 1.54) is 0 Å². The number of carbonyl (C=O) groups is 2. The van der Waals surface area contributed by atoms with Gasteiger partial charge < -0.3 is 5.32 Å². The summed E-state index contributed by atoms with van der Waals surface area (Å²) in [7, 11) is 0.